The lowest BCUT2D eigenvalue weighted by atomic mass is 10.1. The van der Waals surface area contributed by atoms with Crippen LogP contribution in [0.4, 0.5) is 5.82 Å². The molecule has 0 unspecified atom stereocenters. The highest BCUT2D eigenvalue weighted by Gasteiger charge is 2.23. The Morgan fingerprint density at radius 1 is 1.46 bits per heavy atom. The maximum atomic E-state index is 8.91. The van der Waals surface area contributed by atoms with Crippen LogP contribution >= 0.6 is 0 Å². The first kappa shape index (κ1) is 9.53. The summed E-state index contributed by atoms with van der Waals surface area (Å²) in [7, 11) is 1.87. The summed E-state index contributed by atoms with van der Waals surface area (Å²) in [6.07, 6.45) is 1.72. The lowest BCUT2D eigenvalue weighted by Crippen LogP contribution is -2.40. The van der Waals surface area contributed by atoms with Crippen LogP contribution < -0.4 is 4.90 Å². The Kier molecular flexibility index (Phi) is 2.52. The number of aromatic nitrogens is 1. The quantitative estimate of drug-likeness (QED) is 0.688. The SMILES string of the molecule is CN(c1ccccn1)C(C)(C)C#N. The molecule has 68 valence electrons. The summed E-state index contributed by atoms with van der Waals surface area (Å²) < 4.78 is 0. The van der Waals surface area contributed by atoms with Crippen molar-refractivity contribution in [3.63, 3.8) is 0 Å². The molecule has 1 heterocycles. The highest BCUT2D eigenvalue weighted by atomic mass is 15.2. The normalized spacial score (nSPS) is 10.6. The van der Waals surface area contributed by atoms with Gasteiger partial charge < -0.3 is 4.90 Å². The largest absolute Gasteiger partial charge is 0.342 e. The van der Waals surface area contributed by atoms with Crippen LogP contribution in [-0.4, -0.2) is 17.6 Å². The van der Waals surface area contributed by atoms with E-state index in [1.54, 1.807) is 6.20 Å². The van der Waals surface area contributed by atoms with Crippen molar-refractivity contribution in [2.75, 3.05) is 11.9 Å². The molecule has 0 aromatic carbocycles. The number of hydrogen-bond acceptors (Lipinski definition) is 3. The minimum Gasteiger partial charge on any atom is -0.342 e. The fourth-order valence-corrected chi connectivity index (χ4v) is 0.914. The van der Waals surface area contributed by atoms with E-state index >= 15 is 0 Å². The Morgan fingerprint density at radius 2 is 2.15 bits per heavy atom. The van der Waals surface area contributed by atoms with Gasteiger partial charge in [0.2, 0.25) is 0 Å². The first-order chi connectivity index (χ1) is 6.08. The van der Waals surface area contributed by atoms with Gasteiger partial charge in [-0.15, -0.1) is 0 Å². The first-order valence-corrected chi connectivity index (χ1v) is 4.14. The summed E-state index contributed by atoms with van der Waals surface area (Å²) in [6, 6.07) is 7.88. The van der Waals surface area contributed by atoms with Gasteiger partial charge in [0, 0.05) is 13.2 Å². The molecule has 0 saturated heterocycles. The molecule has 0 fully saturated rings. The Morgan fingerprint density at radius 3 is 2.62 bits per heavy atom. The Bertz CT molecular complexity index is 311. The van der Waals surface area contributed by atoms with Crippen LogP contribution in [0, 0.1) is 11.3 Å². The van der Waals surface area contributed by atoms with Gasteiger partial charge in [-0.05, 0) is 26.0 Å². The van der Waals surface area contributed by atoms with Gasteiger partial charge in [0.15, 0.2) is 0 Å². The zero-order valence-corrected chi connectivity index (χ0v) is 8.15. The van der Waals surface area contributed by atoms with Gasteiger partial charge in [-0.3, -0.25) is 0 Å². The van der Waals surface area contributed by atoms with Crippen molar-refractivity contribution < 1.29 is 0 Å². The molecular weight excluding hydrogens is 162 g/mol. The minimum atomic E-state index is -0.519. The number of nitrogens with zero attached hydrogens (tertiary/aromatic N) is 3. The van der Waals surface area contributed by atoms with E-state index in [2.05, 4.69) is 11.1 Å². The van der Waals surface area contributed by atoms with E-state index in [0.717, 1.165) is 5.82 Å². The molecule has 0 aliphatic rings. The third-order valence-corrected chi connectivity index (χ3v) is 2.11. The molecular formula is C10H13N3. The van der Waals surface area contributed by atoms with E-state index in [1.807, 2.05) is 44.0 Å². The minimum absolute atomic E-state index is 0.519. The second kappa shape index (κ2) is 3.44. The van der Waals surface area contributed by atoms with Gasteiger partial charge in [-0.25, -0.2) is 4.98 Å². The van der Waals surface area contributed by atoms with Crippen LogP contribution in [0.25, 0.3) is 0 Å². The molecule has 13 heavy (non-hydrogen) atoms. The van der Waals surface area contributed by atoms with Crippen LogP contribution in [0.5, 0.6) is 0 Å². The summed E-state index contributed by atoms with van der Waals surface area (Å²) >= 11 is 0. The molecule has 1 rings (SSSR count). The molecule has 0 bridgehead atoms. The molecule has 1 aromatic rings. The van der Waals surface area contributed by atoms with Crippen molar-refractivity contribution in [2.24, 2.45) is 0 Å². The van der Waals surface area contributed by atoms with E-state index in [1.165, 1.54) is 0 Å². The number of pyridine rings is 1. The fraction of sp³-hybridized carbons (Fsp3) is 0.400. The number of rotatable bonds is 2. The van der Waals surface area contributed by atoms with Crippen molar-refractivity contribution in [3.8, 4) is 6.07 Å². The summed E-state index contributed by atoms with van der Waals surface area (Å²) in [5, 5.41) is 8.91. The molecule has 0 saturated carbocycles. The molecule has 0 amide bonds. The maximum absolute atomic E-state index is 8.91. The Hall–Kier alpha value is -1.56. The zero-order valence-electron chi connectivity index (χ0n) is 8.15. The number of nitriles is 1. The van der Waals surface area contributed by atoms with Crippen molar-refractivity contribution in [1.29, 1.82) is 5.26 Å². The third kappa shape index (κ3) is 1.97. The Labute approximate surface area is 78.6 Å². The summed E-state index contributed by atoms with van der Waals surface area (Å²) in [5.41, 5.74) is -0.519. The maximum Gasteiger partial charge on any atom is 0.129 e. The van der Waals surface area contributed by atoms with Crippen LogP contribution in [0.2, 0.25) is 0 Å². The second-order valence-electron chi connectivity index (χ2n) is 3.42. The van der Waals surface area contributed by atoms with Gasteiger partial charge in [0.1, 0.15) is 11.4 Å². The molecule has 0 N–H and O–H groups in total. The fourth-order valence-electron chi connectivity index (χ4n) is 0.914. The topological polar surface area (TPSA) is 39.9 Å². The molecule has 0 spiro atoms. The highest BCUT2D eigenvalue weighted by molar-refractivity contribution is 5.42. The van der Waals surface area contributed by atoms with Crippen LogP contribution in [0.1, 0.15) is 13.8 Å². The predicted molar refractivity (Wildman–Crippen MR) is 52.3 cm³/mol. The van der Waals surface area contributed by atoms with Gasteiger partial charge >= 0.3 is 0 Å². The van der Waals surface area contributed by atoms with E-state index in [9.17, 15) is 0 Å². The van der Waals surface area contributed by atoms with E-state index < -0.39 is 5.54 Å². The molecule has 0 radical (unpaired) electrons. The molecule has 0 atom stereocenters. The monoisotopic (exact) mass is 175 g/mol. The molecule has 3 nitrogen and oxygen atoms in total. The van der Waals surface area contributed by atoms with Crippen molar-refractivity contribution in [2.45, 2.75) is 19.4 Å². The average molecular weight is 175 g/mol. The average Bonchev–Trinajstić information content (AvgIpc) is 2.18. The van der Waals surface area contributed by atoms with Gasteiger partial charge in [0.05, 0.1) is 6.07 Å². The third-order valence-electron chi connectivity index (χ3n) is 2.11. The van der Waals surface area contributed by atoms with Crippen molar-refractivity contribution in [1.82, 2.24) is 4.98 Å². The predicted octanol–water partition coefficient (Wildman–Crippen LogP) is 1.82. The van der Waals surface area contributed by atoms with Crippen molar-refractivity contribution >= 4 is 5.82 Å². The summed E-state index contributed by atoms with van der Waals surface area (Å²) in [4.78, 5) is 6.02. The van der Waals surface area contributed by atoms with E-state index in [-0.39, 0.29) is 0 Å². The lowest BCUT2D eigenvalue weighted by molar-refractivity contribution is 0.610. The van der Waals surface area contributed by atoms with Gasteiger partial charge in [-0.1, -0.05) is 6.07 Å². The van der Waals surface area contributed by atoms with Crippen LogP contribution in [0.15, 0.2) is 24.4 Å². The standard InChI is InChI=1S/C10H13N3/c1-10(2,8-11)13(3)9-6-4-5-7-12-9/h4-7H,1-3H3. The Balaban J connectivity index is 2.94. The molecule has 0 aliphatic carbocycles. The molecule has 3 heteroatoms. The summed E-state index contributed by atoms with van der Waals surface area (Å²) in [6.45, 7) is 3.73. The highest BCUT2D eigenvalue weighted by Crippen LogP contribution is 2.18. The van der Waals surface area contributed by atoms with Crippen LogP contribution in [-0.2, 0) is 0 Å². The van der Waals surface area contributed by atoms with E-state index in [0.29, 0.717) is 0 Å². The van der Waals surface area contributed by atoms with E-state index in [4.69, 9.17) is 5.26 Å². The summed E-state index contributed by atoms with van der Waals surface area (Å²) in [5.74, 6) is 0.814. The smallest absolute Gasteiger partial charge is 0.129 e. The molecule has 0 aliphatic heterocycles. The first-order valence-electron chi connectivity index (χ1n) is 4.14. The van der Waals surface area contributed by atoms with Crippen molar-refractivity contribution in [3.05, 3.63) is 24.4 Å². The number of anilines is 1. The van der Waals surface area contributed by atoms with Gasteiger partial charge in [-0.2, -0.15) is 5.26 Å². The second-order valence-corrected chi connectivity index (χ2v) is 3.42. The lowest BCUT2D eigenvalue weighted by Gasteiger charge is -2.29. The number of hydrogen-bond donors (Lipinski definition) is 0. The van der Waals surface area contributed by atoms with Crippen LogP contribution in [0.3, 0.4) is 0 Å². The van der Waals surface area contributed by atoms with Gasteiger partial charge in [0.25, 0.3) is 0 Å². The zero-order chi connectivity index (χ0) is 9.90. The molecule has 1 aromatic heterocycles.